The first-order chi connectivity index (χ1) is 30.2. The van der Waals surface area contributed by atoms with Crippen LogP contribution in [0.15, 0.2) is 24.3 Å². The quantitative estimate of drug-likeness (QED) is 0.0233. The summed E-state index contributed by atoms with van der Waals surface area (Å²) in [5, 5.41) is 18.4. The number of unbranched alkanes of at least 4 members (excludes halogenated alkanes) is 31. The van der Waals surface area contributed by atoms with Crippen molar-refractivity contribution in [2.45, 2.75) is 264 Å². The fourth-order valence-corrected chi connectivity index (χ4v) is 8.17. The van der Waals surface area contributed by atoms with Crippen LogP contribution in [-0.2, 0) is 32.7 Å². The zero-order valence-electron chi connectivity index (χ0n) is 40.1. The highest BCUT2D eigenvalue weighted by molar-refractivity contribution is 7.47. The van der Waals surface area contributed by atoms with Gasteiger partial charge in [0.05, 0.1) is 19.8 Å². The normalized spacial score (nSPS) is 13.8. The molecule has 0 rings (SSSR count). The zero-order valence-corrected chi connectivity index (χ0v) is 41.0. The van der Waals surface area contributed by atoms with Gasteiger partial charge >= 0.3 is 19.8 Å². The Balaban J connectivity index is 4.15. The largest absolute Gasteiger partial charge is 0.472 e. The third-order valence-electron chi connectivity index (χ3n) is 11.4. The first-order valence-electron chi connectivity index (χ1n) is 25.8. The number of phosphoric ester groups is 1. The minimum atomic E-state index is -4.62. The summed E-state index contributed by atoms with van der Waals surface area (Å²) in [4.78, 5) is 35.2. The van der Waals surface area contributed by atoms with Gasteiger partial charge in [-0.2, -0.15) is 0 Å². The lowest BCUT2D eigenvalue weighted by Crippen LogP contribution is -2.29. The number of hydrogen-bond acceptors (Lipinski definition) is 9. The molecule has 0 aromatic rings. The number of phosphoric acid groups is 1. The lowest BCUT2D eigenvalue weighted by Gasteiger charge is -2.20. The number of hydrogen-bond donors (Lipinski definition) is 3. The highest BCUT2D eigenvalue weighted by Crippen LogP contribution is 2.43. The van der Waals surface area contributed by atoms with Gasteiger partial charge < -0.3 is 24.6 Å². The summed E-state index contributed by atoms with van der Waals surface area (Å²) in [6, 6.07) is 0. The molecule has 3 N–H and O–H groups in total. The Morgan fingerprint density at radius 1 is 0.484 bits per heavy atom. The van der Waals surface area contributed by atoms with Gasteiger partial charge in [-0.05, 0) is 44.9 Å². The molecule has 3 unspecified atom stereocenters. The van der Waals surface area contributed by atoms with E-state index in [4.69, 9.17) is 23.6 Å². The Kier molecular flexibility index (Phi) is 46.2. The van der Waals surface area contributed by atoms with Crippen LogP contribution in [0.5, 0.6) is 0 Å². The highest BCUT2D eigenvalue weighted by atomic mass is 31.2. The minimum absolute atomic E-state index is 0.183. The van der Waals surface area contributed by atoms with Crippen LogP contribution in [-0.4, -0.2) is 65.7 Å². The fourth-order valence-electron chi connectivity index (χ4n) is 7.38. The van der Waals surface area contributed by atoms with E-state index in [0.29, 0.717) is 12.8 Å². The summed E-state index contributed by atoms with van der Waals surface area (Å²) in [5.41, 5.74) is 0. The number of allylic oxidation sites excluding steroid dienone is 4. The molecular weight excluding hydrogens is 804 g/mol. The second-order valence-electron chi connectivity index (χ2n) is 17.6. The molecule has 0 aliphatic carbocycles. The van der Waals surface area contributed by atoms with Crippen LogP contribution < -0.4 is 0 Å². The second-order valence-corrected chi connectivity index (χ2v) is 19.0. The van der Waals surface area contributed by atoms with Crippen LogP contribution in [0.4, 0.5) is 0 Å². The van der Waals surface area contributed by atoms with Gasteiger partial charge in [-0.15, -0.1) is 0 Å². The molecule has 3 atom stereocenters. The number of aliphatic hydroxyl groups is 2. The first kappa shape index (κ1) is 60.5. The summed E-state index contributed by atoms with van der Waals surface area (Å²) in [5.74, 6) is -0.915. The summed E-state index contributed by atoms with van der Waals surface area (Å²) in [6.07, 6.45) is 50.0. The molecule has 0 heterocycles. The summed E-state index contributed by atoms with van der Waals surface area (Å²) in [7, 11) is -4.62. The molecule has 62 heavy (non-hydrogen) atoms. The Bertz CT molecular complexity index is 1080. The SMILES string of the molecule is CCCCC/C=C\C/C=C\CCCCCCCCCCCC(=O)OC(COC(=O)CCCCCCCCCCCCCCCCCCCCCC)COP(=O)(O)OCC(O)CO. The van der Waals surface area contributed by atoms with Crippen molar-refractivity contribution in [3.8, 4) is 0 Å². The van der Waals surface area contributed by atoms with E-state index >= 15 is 0 Å². The van der Waals surface area contributed by atoms with E-state index in [0.717, 1.165) is 51.4 Å². The van der Waals surface area contributed by atoms with Crippen molar-refractivity contribution >= 4 is 19.8 Å². The van der Waals surface area contributed by atoms with Crippen molar-refractivity contribution in [1.29, 1.82) is 0 Å². The third-order valence-corrected chi connectivity index (χ3v) is 12.3. The Morgan fingerprint density at radius 2 is 0.839 bits per heavy atom. The van der Waals surface area contributed by atoms with Crippen LogP contribution in [0.25, 0.3) is 0 Å². The van der Waals surface area contributed by atoms with Crippen molar-refractivity contribution in [2.75, 3.05) is 26.4 Å². The number of rotatable bonds is 49. The Labute approximate surface area is 380 Å². The standard InChI is InChI=1S/C51H97O10P/c1-3-5-7-9-11-13-15-17-19-21-23-25-26-28-30-32-34-36-38-40-42-50(54)58-46-49(47-60-62(56,57)59-45-48(53)44-52)61-51(55)43-41-39-37-35-33-31-29-27-24-22-20-18-16-14-12-10-8-6-4-2/h12,14,18,20,48-49,52-53H,3-11,13,15-17,19,21-47H2,1-2H3,(H,56,57)/b14-12-,20-18-. The van der Waals surface area contributed by atoms with Gasteiger partial charge in [0.1, 0.15) is 12.7 Å². The molecule has 0 bridgehead atoms. The van der Waals surface area contributed by atoms with Crippen LogP contribution in [0.2, 0.25) is 0 Å². The predicted octanol–water partition coefficient (Wildman–Crippen LogP) is 14.5. The van der Waals surface area contributed by atoms with Gasteiger partial charge in [0.2, 0.25) is 0 Å². The number of carbonyl (C=O) groups is 2. The third kappa shape index (κ3) is 46.4. The average molecular weight is 901 g/mol. The topological polar surface area (TPSA) is 149 Å². The molecule has 11 heteroatoms. The maximum atomic E-state index is 12.7. The summed E-state index contributed by atoms with van der Waals surface area (Å²) < 4.78 is 32.9. The number of ether oxygens (including phenoxy) is 2. The molecule has 0 spiro atoms. The number of esters is 2. The van der Waals surface area contributed by atoms with Gasteiger partial charge in [-0.25, -0.2) is 4.57 Å². The predicted molar refractivity (Wildman–Crippen MR) is 256 cm³/mol. The molecule has 0 aliphatic heterocycles. The molecule has 0 amide bonds. The molecule has 0 saturated heterocycles. The smallest absolute Gasteiger partial charge is 0.462 e. The van der Waals surface area contributed by atoms with E-state index in [1.807, 2.05) is 0 Å². The molecule has 0 saturated carbocycles. The van der Waals surface area contributed by atoms with Gasteiger partial charge in [0, 0.05) is 12.8 Å². The van der Waals surface area contributed by atoms with Crippen molar-refractivity contribution in [3.05, 3.63) is 24.3 Å². The van der Waals surface area contributed by atoms with Crippen LogP contribution in [0, 0.1) is 0 Å². The van der Waals surface area contributed by atoms with Crippen molar-refractivity contribution < 1.29 is 47.8 Å². The number of aliphatic hydroxyl groups excluding tert-OH is 2. The van der Waals surface area contributed by atoms with Gasteiger partial charge in [-0.1, -0.05) is 218 Å². The van der Waals surface area contributed by atoms with Crippen molar-refractivity contribution in [2.24, 2.45) is 0 Å². The van der Waals surface area contributed by atoms with Gasteiger partial charge in [0.15, 0.2) is 6.10 Å². The van der Waals surface area contributed by atoms with Crippen LogP contribution in [0.3, 0.4) is 0 Å². The van der Waals surface area contributed by atoms with Crippen molar-refractivity contribution in [1.82, 2.24) is 0 Å². The average Bonchev–Trinajstić information content (AvgIpc) is 3.26. The first-order valence-corrected chi connectivity index (χ1v) is 27.3. The lowest BCUT2D eigenvalue weighted by atomic mass is 10.0. The Morgan fingerprint density at radius 3 is 1.27 bits per heavy atom. The monoisotopic (exact) mass is 901 g/mol. The van der Waals surface area contributed by atoms with Crippen molar-refractivity contribution in [3.63, 3.8) is 0 Å². The van der Waals surface area contributed by atoms with E-state index < -0.39 is 51.8 Å². The maximum absolute atomic E-state index is 12.7. The maximum Gasteiger partial charge on any atom is 0.472 e. The lowest BCUT2D eigenvalue weighted by molar-refractivity contribution is -0.161. The molecule has 366 valence electrons. The van der Waals surface area contributed by atoms with Gasteiger partial charge in [-0.3, -0.25) is 18.6 Å². The highest BCUT2D eigenvalue weighted by Gasteiger charge is 2.27. The van der Waals surface area contributed by atoms with Gasteiger partial charge in [0.25, 0.3) is 0 Å². The fraction of sp³-hybridized carbons (Fsp3) is 0.882. The summed E-state index contributed by atoms with van der Waals surface area (Å²) in [6.45, 7) is 2.40. The molecule has 0 aromatic heterocycles. The van der Waals surface area contributed by atoms with E-state index in [1.165, 1.54) is 161 Å². The Hall–Kier alpha value is -1.55. The molecule has 0 aromatic carbocycles. The van der Waals surface area contributed by atoms with E-state index in [2.05, 4.69) is 38.2 Å². The number of carbonyl (C=O) groups excluding carboxylic acids is 2. The molecular formula is C51H97O10P. The van der Waals surface area contributed by atoms with Crippen LogP contribution in [0.1, 0.15) is 251 Å². The minimum Gasteiger partial charge on any atom is -0.462 e. The zero-order chi connectivity index (χ0) is 45.5. The molecule has 0 fully saturated rings. The molecule has 0 aliphatic rings. The van der Waals surface area contributed by atoms with Crippen LogP contribution >= 0.6 is 7.82 Å². The molecule has 10 nitrogen and oxygen atoms in total. The second kappa shape index (κ2) is 47.4. The summed E-state index contributed by atoms with van der Waals surface area (Å²) >= 11 is 0. The van der Waals surface area contributed by atoms with E-state index in [-0.39, 0.29) is 19.4 Å². The van der Waals surface area contributed by atoms with E-state index in [9.17, 15) is 24.2 Å². The van der Waals surface area contributed by atoms with E-state index in [1.54, 1.807) is 0 Å². The molecule has 0 radical (unpaired) electrons.